The van der Waals surface area contributed by atoms with Crippen molar-refractivity contribution in [1.82, 2.24) is 9.78 Å². The van der Waals surface area contributed by atoms with Crippen LogP contribution in [-0.4, -0.2) is 15.7 Å². The van der Waals surface area contributed by atoms with E-state index in [4.69, 9.17) is 5.73 Å². The minimum absolute atomic E-state index is 0.237. The molecule has 2 rings (SSSR count). The number of aryl methyl sites for hydroxylation is 1. The topological polar surface area (TPSA) is 72.9 Å². The van der Waals surface area contributed by atoms with Gasteiger partial charge in [0.05, 0.1) is 11.4 Å². The molecular weight excluding hydrogens is 284 g/mol. The summed E-state index contributed by atoms with van der Waals surface area (Å²) in [5, 5.41) is 6.67. The number of benzene rings is 1. The van der Waals surface area contributed by atoms with E-state index >= 15 is 0 Å². The molecule has 1 amide bonds. The van der Waals surface area contributed by atoms with Crippen molar-refractivity contribution in [2.24, 2.45) is 7.05 Å². The van der Waals surface area contributed by atoms with Crippen LogP contribution in [0.1, 0.15) is 10.5 Å². The second-order valence-corrected chi connectivity index (χ2v) is 4.44. The van der Waals surface area contributed by atoms with Gasteiger partial charge < -0.3 is 11.1 Å². The van der Waals surface area contributed by atoms with Gasteiger partial charge in [0.1, 0.15) is 5.69 Å². The number of halogens is 1. The van der Waals surface area contributed by atoms with Gasteiger partial charge in [0, 0.05) is 17.7 Å². The van der Waals surface area contributed by atoms with Crippen LogP contribution in [0, 0.1) is 0 Å². The number of nitrogen functional groups attached to an aromatic ring is 1. The van der Waals surface area contributed by atoms with Gasteiger partial charge in [-0.1, -0.05) is 15.9 Å². The number of rotatable bonds is 2. The summed E-state index contributed by atoms with van der Waals surface area (Å²) in [4.78, 5) is 11.9. The molecule has 0 saturated carbocycles. The van der Waals surface area contributed by atoms with Gasteiger partial charge in [0.15, 0.2) is 0 Å². The van der Waals surface area contributed by atoms with Crippen molar-refractivity contribution in [3.63, 3.8) is 0 Å². The molecule has 6 heteroatoms. The molecule has 88 valence electrons. The molecule has 0 atom stereocenters. The van der Waals surface area contributed by atoms with Crippen LogP contribution in [0.3, 0.4) is 0 Å². The number of nitrogens with one attached hydrogen (secondary N) is 1. The second kappa shape index (κ2) is 4.58. The zero-order valence-corrected chi connectivity index (χ0v) is 10.7. The lowest BCUT2D eigenvalue weighted by Crippen LogP contribution is -2.16. The van der Waals surface area contributed by atoms with Gasteiger partial charge in [-0.25, -0.2) is 0 Å². The summed E-state index contributed by atoms with van der Waals surface area (Å²) < 4.78 is 2.37. The van der Waals surface area contributed by atoms with Crippen molar-refractivity contribution in [2.45, 2.75) is 0 Å². The van der Waals surface area contributed by atoms with E-state index in [1.165, 1.54) is 4.68 Å². The van der Waals surface area contributed by atoms with Crippen LogP contribution in [0.5, 0.6) is 0 Å². The van der Waals surface area contributed by atoms with Crippen molar-refractivity contribution in [2.75, 3.05) is 11.1 Å². The van der Waals surface area contributed by atoms with Crippen molar-refractivity contribution in [3.05, 3.63) is 40.6 Å². The second-order valence-electron chi connectivity index (χ2n) is 3.53. The Morgan fingerprint density at radius 2 is 2.24 bits per heavy atom. The largest absolute Gasteiger partial charge is 0.397 e. The number of nitrogens with zero attached hydrogens (tertiary/aromatic N) is 2. The number of nitrogens with two attached hydrogens (primary N) is 1. The lowest BCUT2D eigenvalue weighted by atomic mass is 10.2. The Morgan fingerprint density at radius 3 is 2.82 bits per heavy atom. The van der Waals surface area contributed by atoms with Crippen LogP contribution in [0.15, 0.2) is 34.9 Å². The lowest BCUT2D eigenvalue weighted by molar-refractivity contribution is 0.101. The zero-order chi connectivity index (χ0) is 12.4. The van der Waals surface area contributed by atoms with Crippen molar-refractivity contribution in [1.29, 1.82) is 0 Å². The highest BCUT2D eigenvalue weighted by atomic mass is 79.9. The van der Waals surface area contributed by atoms with Crippen LogP contribution in [0.2, 0.25) is 0 Å². The van der Waals surface area contributed by atoms with Gasteiger partial charge in [0.25, 0.3) is 5.91 Å². The average Bonchev–Trinajstić information content (AvgIpc) is 2.68. The molecule has 0 saturated heterocycles. The Hall–Kier alpha value is -1.82. The fourth-order valence-electron chi connectivity index (χ4n) is 1.43. The van der Waals surface area contributed by atoms with Gasteiger partial charge in [-0.2, -0.15) is 5.10 Å². The first-order valence-electron chi connectivity index (χ1n) is 4.92. The summed E-state index contributed by atoms with van der Waals surface area (Å²) in [5.41, 5.74) is 7.36. The summed E-state index contributed by atoms with van der Waals surface area (Å²) in [6.45, 7) is 0. The normalized spacial score (nSPS) is 10.2. The Bertz CT molecular complexity index is 564. The van der Waals surface area contributed by atoms with Crippen LogP contribution in [0.25, 0.3) is 0 Å². The van der Waals surface area contributed by atoms with E-state index in [-0.39, 0.29) is 5.91 Å². The molecule has 0 aliphatic rings. The molecule has 1 aromatic heterocycles. The maximum Gasteiger partial charge on any atom is 0.273 e. The van der Waals surface area contributed by atoms with Gasteiger partial charge in [-0.3, -0.25) is 9.48 Å². The number of aromatic nitrogens is 2. The minimum atomic E-state index is -0.237. The Kier molecular flexibility index (Phi) is 3.14. The van der Waals surface area contributed by atoms with E-state index in [0.717, 1.165) is 4.47 Å². The van der Waals surface area contributed by atoms with E-state index in [1.807, 2.05) is 6.07 Å². The first-order chi connectivity index (χ1) is 8.08. The van der Waals surface area contributed by atoms with Crippen molar-refractivity contribution >= 4 is 33.2 Å². The Labute approximate surface area is 107 Å². The molecule has 0 unspecified atom stereocenters. The Balaban J connectivity index is 2.22. The Morgan fingerprint density at radius 1 is 1.47 bits per heavy atom. The first-order valence-corrected chi connectivity index (χ1v) is 5.71. The summed E-state index contributed by atoms with van der Waals surface area (Å²) in [7, 11) is 1.71. The number of hydrogen-bond acceptors (Lipinski definition) is 3. The standard InChI is InChI=1S/C11H11BrN4O/c1-16-10(4-5-14-16)11(17)15-9-3-2-7(12)6-8(9)13/h2-6H,13H2,1H3,(H,15,17). The van der Waals surface area contributed by atoms with Crippen LogP contribution >= 0.6 is 15.9 Å². The third-order valence-electron chi connectivity index (χ3n) is 2.32. The molecule has 0 aliphatic carbocycles. The summed E-state index contributed by atoms with van der Waals surface area (Å²) >= 11 is 3.31. The van der Waals surface area contributed by atoms with E-state index in [2.05, 4.69) is 26.3 Å². The maximum absolute atomic E-state index is 11.9. The molecule has 2 aromatic rings. The van der Waals surface area contributed by atoms with Crippen LogP contribution in [0.4, 0.5) is 11.4 Å². The van der Waals surface area contributed by atoms with Gasteiger partial charge in [-0.15, -0.1) is 0 Å². The summed E-state index contributed by atoms with van der Waals surface area (Å²) in [5.74, 6) is -0.237. The fourth-order valence-corrected chi connectivity index (χ4v) is 1.81. The van der Waals surface area contributed by atoms with Gasteiger partial charge in [-0.05, 0) is 24.3 Å². The molecule has 1 heterocycles. The molecule has 5 nitrogen and oxygen atoms in total. The monoisotopic (exact) mass is 294 g/mol. The van der Waals surface area contributed by atoms with Crippen molar-refractivity contribution in [3.8, 4) is 0 Å². The van der Waals surface area contributed by atoms with Gasteiger partial charge in [0.2, 0.25) is 0 Å². The smallest absolute Gasteiger partial charge is 0.273 e. The summed E-state index contributed by atoms with van der Waals surface area (Å²) in [6.07, 6.45) is 1.57. The number of carbonyl (C=O) groups excluding carboxylic acids is 1. The maximum atomic E-state index is 11.9. The number of anilines is 2. The molecule has 0 spiro atoms. The molecule has 0 aliphatic heterocycles. The predicted octanol–water partition coefficient (Wildman–Crippen LogP) is 2.02. The predicted molar refractivity (Wildman–Crippen MR) is 69.7 cm³/mol. The highest BCUT2D eigenvalue weighted by molar-refractivity contribution is 9.10. The SMILES string of the molecule is Cn1nccc1C(=O)Nc1ccc(Br)cc1N. The van der Waals surface area contributed by atoms with E-state index in [0.29, 0.717) is 17.1 Å². The fraction of sp³-hybridized carbons (Fsp3) is 0.0909. The molecule has 0 radical (unpaired) electrons. The minimum Gasteiger partial charge on any atom is -0.397 e. The quantitative estimate of drug-likeness (QED) is 0.832. The molecule has 3 N–H and O–H groups in total. The average molecular weight is 295 g/mol. The molecular formula is C11H11BrN4O. The lowest BCUT2D eigenvalue weighted by Gasteiger charge is -2.08. The molecule has 17 heavy (non-hydrogen) atoms. The third kappa shape index (κ3) is 2.47. The highest BCUT2D eigenvalue weighted by Gasteiger charge is 2.11. The molecule has 1 aromatic carbocycles. The van der Waals surface area contributed by atoms with Gasteiger partial charge >= 0.3 is 0 Å². The zero-order valence-electron chi connectivity index (χ0n) is 9.14. The van der Waals surface area contributed by atoms with Crippen LogP contribution in [-0.2, 0) is 7.05 Å². The highest BCUT2D eigenvalue weighted by Crippen LogP contribution is 2.23. The molecule has 0 fully saturated rings. The van der Waals surface area contributed by atoms with E-state index < -0.39 is 0 Å². The number of carbonyl (C=O) groups is 1. The van der Waals surface area contributed by atoms with Crippen molar-refractivity contribution < 1.29 is 4.79 Å². The number of hydrogen-bond donors (Lipinski definition) is 2. The number of amides is 1. The van der Waals surface area contributed by atoms with E-state index in [9.17, 15) is 4.79 Å². The molecule has 0 bridgehead atoms. The summed E-state index contributed by atoms with van der Waals surface area (Å²) in [6, 6.07) is 6.94. The third-order valence-corrected chi connectivity index (χ3v) is 2.81. The first kappa shape index (κ1) is 11.7. The van der Waals surface area contributed by atoms with E-state index in [1.54, 1.807) is 31.4 Å². The van der Waals surface area contributed by atoms with Crippen LogP contribution < -0.4 is 11.1 Å².